The summed E-state index contributed by atoms with van der Waals surface area (Å²) in [5.41, 5.74) is 15.4. The predicted molar refractivity (Wildman–Crippen MR) is 79.9 cm³/mol. The number of hydrogen-bond acceptors (Lipinski definition) is 4. The molecule has 5 nitrogen and oxygen atoms in total. The summed E-state index contributed by atoms with van der Waals surface area (Å²) in [6, 6.07) is 0.439. The topological polar surface area (TPSA) is 85.2 Å². The van der Waals surface area contributed by atoms with E-state index in [0.29, 0.717) is 12.6 Å². The molecule has 4 N–H and O–H groups in total. The van der Waals surface area contributed by atoms with Gasteiger partial charge in [0.1, 0.15) is 0 Å². The van der Waals surface area contributed by atoms with Crippen molar-refractivity contribution < 1.29 is 4.79 Å². The van der Waals surface area contributed by atoms with Crippen molar-refractivity contribution in [3.05, 3.63) is 23.0 Å². The van der Waals surface area contributed by atoms with Crippen LogP contribution in [0.4, 0.5) is 5.69 Å². The van der Waals surface area contributed by atoms with Crippen LogP contribution < -0.4 is 11.5 Å². The smallest absolute Gasteiger partial charge is 0.221 e. The van der Waals surface area contributed by atoms with Crippen molar-refractivity contribution in [3.63, 3.8) is 0 Å². The van der Waals surface area contributed by atoms with E-state index in [1.54, 1.807) is 0 Å². The van der Waals surface area contributed by atoms with Crippen LogP contribution in [0.5, 0.6) is 0 Å². The Morgan fingerprint density at radius 2 is 2.15 bits per heavy atom. The number of nitrogen functional groups attached to an aromatic ring is 1. The Morgan fingerprint density at radius 3 is 2.80 bits per heavy atom. The fraction of sp³-hybridized carbons (Fsp3) is 0.600. The van der Waals surface area contributed by atoms with Gasteiger partial charge in [0.05, 0.1) is 11.6 Å². The van der Waals surface area contributed by atoms with Crippen molar-refractivity contribution in [1.29, 1.82) is 0 Å². The molecule has 1 aromatic heterocycles. The lowest BCUT2D eigenvalue weighted by Gasteiger charge is -2.36. The predicted octanol–water partition coefficient (Wildman–Crippen LogP) is 1.37. The van der Waals surface area contributed by atoms with Crippen LogP contribution in [0.15, 0.2) is 6.20 Å². The van der Waals surface area contributed by atoms with E-state index in [0.717, 1.165) is 41.9 Å². The first kappa shape index (κ1) is 14.8. The van der Waals surface area contributed by atoms with E-state index in [4.69, 9.17) is 11.5 Å². The lowest BCUT2D eigenvalue weighted by atomic mass is 9.92. The molecule has 5 heteroatoms. The Kier molecular flexibility index (Phi) is 4.28. The second-order valence-corrected chi connectivity index (χ2v) is 5.88. The molecule has 0 saturated carbocycles. The van der Waals surface area contributed by atoms with Gasteiger partial charge in [-0.25, -0.2) is 0 Å². The van der Waals surface area contributed by atoms with Gasteiger partial charge in [0.2, 0.25) is 5.91 Å². The molecule has 1 fully saturated rings. The van der Waals surface area contributed by atoms with E-state index in [2.05, 4.69) is 16.8 Å². The Morgan fingerprint density at radius 1 is 1.45 bits per heavy atom. The van der Waals surface area contributed by atoms with Gasteiger partial charge < -0.3 is 11.5 Å². The van der Waals surface area contributed by atoms with Gasteiger partial charge in [0.25, 0.3) is 0 Å². The lowest BCUT2D eigenvalue weighted by Crippen LogP contribution is -2.45. The Labute approximate surface area is 120 Å². The summed E-state index contributed by atoms with van der Waals surface area (Å²) in [5.74, 6) is -0.246. The highest BCUT2D eigenvalue weighted by molar-refractivity contribution is 5.77. The number of nitrogens with zero attached hydrogens (tertiary/aromatic N) is 2. The highest BCUT2D eigenvalue weighted by Crippen LogP contribution is 2.25. The lowest BCUT2D eigenvalue weighted by molar-refractivity contribution is -0.124. The first-order valence-corrected chi connectivity index (χ1v) is 7.14. The van der Waals surface area contributed by atoms with Crippen molar-refractivity contribution >= 4 is 11.6 Å². The third kappa shape index (κ3) is 2.93. The second kappa shape index (κ2) is 5.79. The van der Waals surface area contributed by atoms with Gasteiger partial charge in [-0.3, -0.25) is 14.7 Å². The van der Waals surface area contributed by atoms with Crippen LogP contribution >= 0.6 is 0 Å². The van der Waals surface area contributed by atoms with Crippen molar-refractivity contribution in [2.24, 2.45) is 11.7 Å². The van der Waals surface area contributed by atoms with Gasteiger partial charge in [0, 0.05) is 31.0 Å². The summed E-state index contributed by atoms with van der Waals surface area (Å²) in [6.07, 6.45) is 3.70. The summed E-state index contributed by atoms with van der Waals surface area (Å²) in [7, 11) is 0. The monoisotopic (exact) mass is 276 g/mol. The van der Waals surface area contributed by atoms with Gasteiger partial charge >= 0.3 is 0 Å². The number of anilines is 1. The van der Waals surface area contributed by atoms with Crippen LogP contribution in [0.1, 0.15) is 36.6 Å². The van der Waals surface area contributed by atoms with E-state index in [1.165, 1.54) is 0 Å². The Bertz CT molecular complexity index is 515. The molecular formula is C15H24N4O. The van der Waals surface area contributed by atoms with Gasteiger partial charge in [-0.2, -0.15) is 0 Å². The van der Waals surface area contributed by atoms with Crippen molar-refractivity contribution in [3.8, 4) is 0 Å². The molecule has 20 heavy (non-hydrogen) atoms. The molecule has 2 heterocycles. The molecule has 0 aliphatic carbocycles. The van der Waals surface area contributed by atoms with Crippen LogP contribution in [0.2, 0.25) is 0 Å². The number of carbonyl (C=O) groups is 1. The number of piperidine rings is 1. The van der Waals surface area contributed by atoms with Gasteiger partial charge in [-0.1, -0.05) is 0 Å². The molecule has 1 aliphatic heterocycles. The number of pyridine rings is 1. The van der Waals surface area contributed by atoms with E-state index < -0.39 is 0 Å². The van der Waals surface area contributed by atoms with Crippen LogP contribution in [-0.2, 0) is 11.3 Å². The van der Waals surface area contributed by atoms with Crippen LogP contribution in [0.25, 0.3) is 0 Å². The minimum Gasteiger partial charge on any atom is -0.398 e. The molecule has 0 aromatic carbocycles. The number of nitrogens with two attached hydrogens (primary N) is 2. The molecule has 0 spiro atoms. The molecule has 1 aromatic rings. The SMILES string of the molecule is Cc1cnc(CN2CC(C(N)=O)CCC2C)c(C)c1N. The minimum atomic E-state index is -0.199. The van der Waals surface area contributed by atoms with Crippen molar-refractivity contribution in [1.82, 2.24) is 9.88 Å². The first-order valence-electron chi connectivity index (χ1n) is 7.14. The molecule has 1 aliphatic rings. The van der Waals surface area contributed by atoms with E-state index in [-0.39, 0.29) is 11.8 Å². The Hall–Kier alpha value is -1.62. The molecule has 110 valence electrons. The standard InChI is InChI=1S/C15H24N4O/c1-9-6-18-13(11(3)14(9)16)8-19-7-12(15(17)20)5-4-10(19)2/h6,10,12H,4-5,7-8H2,1-3H3,(H2,16,18)(H2,17,20). The van der Waals surface area contributed by atoms with Crippen LogP contribution in [0, 0.1) is 19.8 Å². The zero-order valence-electron chi connectivity index (χ0n) is 12.5. The van der Waals surface area contributed by atoms with Crippen molar-refractivity contribution in [2.45, 2.75) is 46.2 Å². The minimum absolute atomic E-state index is 0.0469. The molecule has 2 atom stereocenters. The van der Waals surface area contributed by atoms with E-state index in [9.17, 15) is 4.79 Å². The molecule has 2 rings (SSSR count). The number of amides is 1. The summed E-state index contributed by atoms with van der Waals surface area (Å²) < 4.78 is 0. The molecule has 0 radical (unpaired) electrons. The number of likely N-dealkylation sites (tertiary alicyclic amines) is 1. The van der Waals surface area contributed by atoms with Gasteiger partial charge in [-0.15, -0.1) is 0 Å². The quantitative estimate of drug-likeness (QED) is 0.873. The largest absolute Gasteiger partial charge is 0.398 e. The number of primary amides is 1. The maximum Gasteiger partial charge on any atom is 0.221 e. The summed E-state index contributed by atoms with van der Waals surface area (Å²) in [4.78, 5) is 18.2. The zero-order valence-corrected chi connectivity index (χ0v) is 12.5. The fourth-order valence-corrected chi connectivity index (χ4v) is 2.78. The molecule has 1 amide bonds. The summed E-state index contributed by atoms with van der Waals surface area (Å²) in [6.45, 7) is 7.59. The summed E-state index contributed by atoms with van der Waals surface area (Å²) in [5, 5.41) is 0. The third-order valence-electron chi connectivity index (χ3n) is 4.44. The van der Waals surface area contributed by atoms with Crippen LogP contribution in [0.3, 0.4) is 0 Å². The number of hydrogen-bond donors (Lipinski definition) is 2. The van der Waals surface area contributed by atoms with Crippen LogP contribution in [-0.4, -0.2) is 28.4 Å². The van der Waals surface area contributed by atoms with E-state index in [1.807, 2.05) is 20.0 Å². The molecule has 0 bridgehead atoms. The second-order valence-electron chi connectivity index (χ2n) is 5.88. The number of aromatic nitrogens is 1. The highest BCUT2D eigenvalue weighted by Gasteiger charge is 2.29. The van der Waals surface area contributed by atoms with E-state index >= 15 is 0 Å². The maximum atomic E-state index is 11.4. The average Bonchev–Trinajstić information content (AvgIpc) is 2.41. The normalized spacial score (nSPS) is 23.8. The average molecular weight is 276 g/mol. The summed E-state index contributed by atoms with van der Waals surface area (Å²) >= 11 is 0. The van der Waals surface area contributed by atoms with Gasteiger partial charge in [-0.05, 0) is 44.7 Å². The van der Waals surface area contributed by atoms with Crippen molar-refractivity contribution in [2.75, 3.05) is 12.3 Å². The number of aryl methyl sites for hydroxylation is 1. The molecule has 2 unspecified atom stereocenters. The maximum absolute atomic E-state index is 11.4. The first-order chi connectivity index (χ1) is 9.40. The molecule has 1 saturated heterocycles. The Balaban J connectivity index is 2.16. The number of carbonyl (C=O) groups excluding carboxylic acids is 1. The zero-order chi connectivity index (χ0) is 14.9. The van der Waals surface area contributed by atoms with Gasteiger partial charge in [0.15, 0.2) is 0 Å². The fourth-order valence-electron chi connectivity index (χ4n) is 2.78. The highest BCUT2D eigenvalue weighted by atomic mass is 16.1. The molecular weight excluding hydrogens is 252 g/mol. The number of rotatable bonds is 3. The third-order valence-corrected chi connectivity index (χ3v) is 4.44.